The van der Waals surface area contributed by atoms with E-state index in [-0.39, 0.29) is 0 Å². The highest BCUT2D eigenvalue weighted by Crippen LogP contribution is 2.10. The minimum atomic E-state index is 0.766. The van der Waals surface area contributed by atoms with Crippen LogP contribution in [0.4, 0.5) is 0 Å². The van der Waals surface area contributed by atoms with E-state index in [4.69, 9.17) is 0 Å². The van der Waals surface area contributed by atoms with Gasteiger partial charge in [-0.2, -0.15) is 10.2 Å². The fourth-order valence-corrected chi connectivity index (χ4v) is 1.79. The third kappa shape index (κ3) is 2.42. The quantitative estimate of drug-likeness (QED) is 0.715. The maximum atomic E-state index is 4.10. The first-order valence-corrected chi connectivity index (χ1v) is 5.66. The van der Waals surface area contributed by atoms with Gasteiger partial charge in [-0.3, -0.25) is 10.2 Å². The van der Waals surface area contributed by atoms with E-state index in [9.17, 15) is 0 Å². The zero-order valence-electron chi connectivity index (χ0n) is 9.67. The van der Waals surface area contributed by atoms with Crippen LogP contribution in [-0.2, 0) is 12.8 Å². The van der Waals surface area contributed by atoms with Crippen LogP contribution in [0.25, 0.3) is 0 Å². The summed E-state index contributed by atoms with van der Waals surface area (Å²) in [6.07, 6.45) is 4.58. The van der Waals surface area contributed by atoms with Crippen LogP contribution in [0.2, 0.25) is 0 Å². The van der Waals surface area contributed by atoms with E-state index in [2.05, 4.69) is 54.6 Å². The molecule has 0 radical (unpaired) electrons. The van der Waals surface area contributed by atoms with Crippen molar-refractivity contribution < 1.29 is 0 Å². The second-order valence-electron chi connectivity index (χ2n) is 4.03. The number of H-pyrrole nitrogens is 2. The molecule has 0 unspecified atom stereocenters. The van der Waals surface area contributed by atoms with Gasteiger partial charge in [-0.15, -0.1) is 0 Å². The molecule has 0 fully saturated rings. The van der Waals surface area contributed by atoms with Crippen molar-refractivity contribution in [1.29, 1.82) is 0 Å². The van der Waals surface area contributed by atoms with Gasteiger partial charge in [0, 0.05) is 12.8 Å². The summed E-state index contributed by atoms with van der Waals surface area (Å²) in [5.74, 6) is 1.75. The van der Waals surface area contributed by atoms with Crippen LogP contribution in [0.15, 0.2) is 36.9 Å². The second kappa shape index (κ2) is 4.79. The Morgan fingerprint density at radius 3 is 1.50 bits per heavy atom. The lowest BCUT2D eigenvalue weighted by molar-refractivity contribution is 0.960. The Hall–Kier alpha value is -2.50. The number of benzene rings is 1. The minimum absolute atomic E-state index is 0.766. The van der Waals surface area contributed by atoms with Crippen LogP contribution < -0.4 is 0 Å². The van der Waals surface area contributed by atoms with Gasteiger partial charge in [-0.25, -0.2) is 9.97 Å². The van der Waals surface area contributed by atoms with Gasteiger partial charge in [0.1, 0.15) is 24.3 Å². The van der Waals surface area contributed by atoms with Crippen molar-refractivity contribution in [2.75, 3.05) is 0 Å². The Balaban J connectivity index is 1.69. The lowest BCUT2D eigenvalue weighted by Gasteiger charge is -2.01. The molecule has 0 atom stereocenters. The predicted molar refractivity (Wildman–Crippen MR) is 64.8 cm³/mol. The summed E-state index contributed by atoms with van der Waals surface area (Å²) in [7, 11) is 0. The molecular formula is C12H12N6. The van der Waals surface area contributed by atoms with Gasteiger partial charge in [-0.05, 0) is 11.1 Å². The van der Waals surface area contributed by atoms with Gasteiger partial charge < -0.3 is 0 Å². The van der Waals surface area contributed by atoms with Crippen molar-refractivity contribution in [2.45, 2.75) is 12.8 Å². The monoisotopic (exact) mass is 240 g/mol. The number of nitrogens with zero attached hydrogens (tertiary/aromatic N) is 4. The van der Waals surface area contributed by atoms with Crippen molar-refractivity contribution in [3.63, 3.8) is 0 Å². The molecule has 3 aromatic rings. The summed E-state index contributed by atoms with van der Waals surface area (Å²) in [5.41, 5.74) is 2.40. The number of rotatable bonds is 4. The number of hydrogen-bond donors (Lipinski definition) is 2. The van der Waals surface area contributed by atoms with Crippen molar-refractivity contribution in [3.05, 3.63) is 59.7 Å². The molecule has 0 aliphatic rings. The largest absolute Gasteiger partial charge is 0.263 e. The molecule has 0 amide bonds. The van der Waals surface area contributed by atoms with Gasteiger partial charge in [0.15, 0.2) is 0 Å². The van der Waals surface area contributed by atoms with E-state index in [0.29, 0.717) is 0 Å². The highest BCUT2D eigenvalue weighted by atomic mass is 15.2. The Morgan fingerprint density at radius 2 is 1.17 bits per heavy atom. The maximum Gasteiger partial charge on any atom is 0.137 e. The molecule has 2 N–H and O–H groups in total. The van der Waals surface area contributed by atoms with Gasteiger partial charge in [0.2, 0.25) is 0 Å². The van der Waals surface area contributed by atoms with Crippen LogP contribution in [0.1, 0.15) is 22.8 Å². The van der Waals surface area contributed by atoms with Gasteiger partial charge in [0.05, 0.1) is 0 Å². The number of hydrogen-bond acceptors (Lipinski definition) is 4. The predicted octanol–water partition coefficient (Wildman–Crippen LogP) is 1.10. The molecule has 0 bridgehead atoms. The molecule has 0 saturated carbocycles. The molecular weight excluding hydrogens is 228 g/mol. The fourth-order valence-electron chi connectivity index (χ4n) is 1.79. The first-order valence-electron chi connectivity index (χ1n) is 5.66. The molecule has 6 heteroatoms. The molecule has 1 aromatic carbocycles. The SMILES string of the molecule is c1n[nH]c(Cc2ccc(Cc3ncn[nH]3)cc2)n1. The minimum Gasteiger partial charge on any atom is -0.263 e. The van der Waals surface area contributed by atoms with Crippen LogP contribution in [-0.4, -0.2) is 30.4 Å². The lowest BCUT2D eigenvalue weighted by Crippen LogP contribution is -1.94. The molecule has 0 aliphatic carbocycles. The molecule has 0 aliphatic heterocycles. The van der Waals surface area contributed by atoms with Crippen molar-refractivity contribution in [1.82, 2.24) is 30.4 Å². The standard InChI is InChI=1S/C12H12N6/c1-2-10(6-12-14-8-16-18-12)4-3-9(1)5-11-13-7-15-17-11/h1-4,7-8H,5-6H2,(H,13,15,17)(H,14,16,18). The molecule has 2 aromatic heterocycles. The van der Waals surface area contributed by atoms with Gasteiger partial charge >= 0.3 is 0 Å². The Kier molecular flexibility index (Phi) is 2.83. The van der Waals surface area contributed by atoms with Crippen LogP contribution in [0, 0.1) is 0 Å². The number of nitrogens with one attached hydrogen (secondary N) is 2. The molecule has 0 saturated heterocycles. The Morgan fingerprint density at radius 1 is 0.722 bits per heavy atom. The number of aromatic amines is 2. The molecule has 0 spiro atoms. The van der Waals surface area contributed by atoms with E-state index in [1.807, 2.05) is 0 Å². The van der Waals surface area contributed by atoms with Crippen molar-refractivity contribution in [2.24, 2.45) is 0 Å². The van der Waals surface area contributed by atoms with E-state index in [1.165, 1.54) is 23.8 Å². The first kappa shape index (κ1) is 10.6. The summed E-state index contributed by atoms with van der Waals surface area (Å²) in [5, 5.41) is 13.4. The average molecular weight is 240 g/mol. The van der Waals surface area contributed by atoms with Crippen LogP contribution >= 0.6 is 0 Å². The maximum absolute atomic E-state index is 4.10. The smallest absolute Gasteiger partial charge is 0.137 e. The normalized spacial score (nSPS) is 10.7. The van der Waals surface area contributed by atoms with Crippen molar-refractivity contribution in [3.8, 4) is 0 Å². The molecule has 3 rings (SSSR count). The summed E-state index contributed by atoms with van der Waals surface area (Å²) >= 11 is 0. The topological polar surface area (TPSA) is 83.1 Å². The zero-order valence-corrected chi connectivity index (χ0v) is 9.67. The number of aromatic nitrogens is 6. The van der Waals surface area contributed by atoms with E-state index in [1.54, 1.807) is 0 Å². The van der Waals surface area contributed by atoms with E-state index < -0.39 is 0 Å². The third-order valence-corrected chi connectivity index (χ3v) is 2.70. The van der Waals surface area contributed by atoms with Crippen LogP contribution in [0.3, 0.4) is 0 Å². The molecule has 90 valence electrons. The van der Waals surface area contributed by atoms with E-state index in [0.717, 1.165) is 24.5 Å². The highest BCUT2D eigenvalue weighted by Gasteiger charge is 2.01. The fraction of sp³-hybridized carbons (Fsp3) is 0.167. The summed E-state index contributed by atoms with van der Waals surface area (Å²) in [6, 6.07) is 8.37. The Bertz CT molecular complexity index is 527. The zero-order chi connectivity index (χ0) is 12.2. The second-order valence-corrected chi connectivity index (χ2v) is 4.03. The third-order valence-electron chi connectivity index (χ3n) is 2.70. The highest BCUT2D eigenvalue weighted by molar-refractivity contribution is 5.26. The average Bonchev–Trinajstić information content (AvgIpc) is 3.05. The molecule has 6 nitrogen and oxygen atoms in total. The van der Waals surface area contributed by atoms with Crippen LogP contribution in [0.5, 0.6) is 0 Å². The van der Waals surface area contributed by atoms with E-state index >= 15 is 0 Å². The molecule has 2 heterocycles. The summed E-state index contributed by atoms with van der Waals surface area (Å²) in [4.78, 5) is 8.21. The molecule has 18 heavy (non-hydrogen) atoms. The summed E-state index contributed by atoms with van der Waals surface area (Å²) < 4.78 is 0. The lowest BCUT2D eigenvalue weighted by atomic mass is 10.1. The van der Waals surface area contributed by atoms with Crippen molar-refractivity contribution >= 4 is 0 Å². The van der Waals surface area contributed by atoms with Gasteiger partial charge in [0.25, 0.3) is 0 Å². The summed E-state index contributed by atoms with van der Waals surface area (Å²) in [6.45, 7) is 0. The Labute approximate surface area is 104 Å². The van der Waals surface area contributed by atoms with Gasteiger partial charge in [-0.1, -0.05) is 24.3 Å². The first-order chi connectivity index (χ1) is 8.90.